The second-order valence-corrected chi connectivity index (χ2v) is 3.60. The number of aliphatic hydroxyl groups excluding tert-OH is 1. The molecule has 0 fully saturated rings. The fourth-order valence-electron chi connectivity index (χ4n) is 1.41. The van der Waals surface area contributed by atoms with E-state index in [2.05, 4.69) is 10.6 Å². The zero-order valence-corrected chi connectivity index (χ0v) is 11.8. The first-order valence-electron chi connectivity index (χ1n) is 5.60. The average Bonchev–Trinajstić information content (AvgIpc) is 2.30. The Morgan fingerprint density at radius 2 is 1.67 bits per heavy atom. The highest BCUT2D eigenvalue weighted by molar-refractivity contribution is 5.85. The summed E-state index contributed by atoms with van der Waals surface area (Å²) in [7, 11) is 0. The van der Waals surface area contributed by atoms with Gasteiger partial charge < -0.3 is 15.7 Å². The minimum Gasteiger partial charge on any atom is -0.395 e. The van der Waals surface area contributed by atoms with Crippen LogP contribution in [0.1, 0.15) is 12.0 Å². The molecule has 0 aliphatic rings. The summed E-state index contributed by atoms with van der Waals surface area (Å²) >= 11 is 0. The summed E-state index contributed by atoms with van der Waals surface area (Å²) in [4.78, 5) is 0. The van der Waals surface area contributed by atoms with Crippen molar-refractivity contribution in [3.05, 3.63) is 35.6 Å². The molecule has 3 N–H and O–H groups in total. The highest BCUT2D eigenvalue weighted by atomic mass is 35.5. The van der Waals surface area contributed by atoms with Gasteiger partial charge >= 0.3 is 0 Å². The van der Waals surface area contributed by atoms with E-state index in [9.17, 15) is 4.39 Å². The number of nitrogens with one attached hydrogen (secondary N) is 2. The molecule has 0 unspecified atom stereocenters. The summed E-state index contributed by atoms with van der Waals surface area (Å²) in [5, 5.41) is 14.8. The quantitative estimate of drug-likeness (QED) is 0.641. The minimum atomic E-state index is -0.159. The number of rotatable bonds is 8. The highest BCUT2D eigenvalue weighted by Crippen LogP contribution is 2.05. The predicted molar refractivity (Wildman–Crippen MR) is 77.2 cm³/mol. The van der Waals surface area contributed by atoms with E-state index in [1.807, 2.05) is 6.07 Å². The molecule has 0 saturated heterocycles. The topological polar surface area (TPSA) is 44.3 Å². The molecule has 0 aliphatic heterocycles. The first-order valence-corrected chi connectivity index (χ1v) is 5.60. The van der Waals surface area contributed by atoms with Crippen molar-refractivity contribution in [1.82, 2.24) is 10.6 Å². The number of halogens is 3. The van der Waals surface area contributed by atoms with Crippen LogP contribution >= 0.6 is 24.8 Å². The van der Waals surface area contributed by atoms with E-state index in [1.54, 1.807) is 12.1 Å². The van der Waals surface area contributed by atoms with Crippen molar-refractivity contribution in [2.45, 2.75) is 13.0 Å². The zero-order valence-electron chi connectivity index (χ0n) is 10.2. The summed E-state index contributed by atoms with van der Waals surface area (Å²) in [6.45, 7) is 3.07. The molecule has 1 aromatic rings. The third kappa shape index (κ3) is 8.66. The molecule has 18 heavy (non-hydrogen) atoms. The van der Waals surface area contributed by atoms with Gasteiger partial charge in [0.2, 0.25) is 0 Å². The molecule has 1 aromatic carbocycles. The zero-order chi connectivity index (χ0) is 11.6. The van der Waals surface area contributed by atoms with Crippen LogP contribution in [0.5, 0.6) is 0 Å². The molecule has 0 heterocycles. The van der Waals surface area contributed by atoms with Crippen LogP contribution in [-0.2, 0) is 6.54 Å². The summed E-state index contributed by atoms with van der Waals surface area (Å²) in [6, 6.07) is 6.78. The molecule has 0 amide bonds. The molecule has 106 valence electrons. The lowest BCUT2D eigenvalue weighted by Gasteiger charge is -2.06. The van der Waals surface area contributed by atoms with Crippen LogP contribution in [0.4, 0.5) is 4.39 Å². The van der Waals surface area contributed by atoms with Gasteiger partial charge in [0, 0.05) is 18.7 Å². The van der Waals surface area contributed by atoms with Gasteiger partial charge in [-0.2, -0.15) is 0 Å². The van der Waals surface area contributed by atoms with Crippen molar-refractivity contribution >= 4 is 24.8 Å². The lowest BCUT2D eigenvalue weighted by Crippen LogP contribution is -2.24. The van der Waals surface area contributed by atoms with Gasteiger partial charge in [-0.15, -0.1) is 24.8 Å². The Kier molecular flexibility index (Phi) is 14.5. The maximum absolute atomic E-state index is 13.2. The Labute approximate surface area is 120 Å². The molecular formula is C12H21Cl2FN2O. The maximum atomic E-state index is 13.2. The first kappa shape index (κ1) is 19.9. The van der Waals surface area contributed by atoms with Crippen molar-refractivity contribution in [2.24, 2.45) is 0 Å². The van der Waals surface area contributed by atoms with Crippen LogP contribution in [0.2, 0.25) is 0 Å². The van der Waals surface area contributed by atoms with Crippen LogP contribution in [-0.4, -0.2) is 31.3 Å². The molecule has 0 bridgehead atoms. The third-order valence-electron chi connectivity index (χ3n) is 2.27. The SMILES string of the molecule is Cl.Cl.OCCNCCCNCc1ccccc1F. The molecule has 3 nitrogen and oxygen atoms in total. The molecule has 6 heteroatoms. The standard InChI is InChI=1S/C12H19FN2O.2ClH/c13-12-5-2-1-4-11(12)10-15-7-3-6-14-8-9-16;;/h1-2,4-5,14-16H,3,6-10H2;2*1H. The Morgan fingerprint density at radius 3 is 2.33 bits per heavy atom. The van der Waals surface area contributed by atoms with Gasteiger partial charge in [-0.25, -0.2) is 4.39 Å². The fourth-order valence-corrected chi connectivity index (χ4v) is 1.41. The number of hydrogen-bond acceptors (Lipinski definition) is 3. The summed E-state index contributed by atoms with van der Waals surface area (Å²) in [5.74, 6) is -0.159. The van der Waals surface area contributed by atoms with Crippen molar-refractivity contribution in [1.29, 1.82) is 0 Å². The van der Waals surface area contributed by atoms with E-state index in [-0.39, 0.29) is 37.2 Å². The maximum Gasteiger partial charge on any atom is 0.127 e. The smallest absolute Gasteiger partial charge is 0.127 e. The second-order valence-electron chi connectivity index (χ2n) is 3.60. The van der Waals surface area contributed by atoms with Gasteiger partial charge in [-0.3, -0.25) is 0 Å². The number of benzene rings is 1. The molecule has 0 radical (unpaired) electrons. The molecule has 0 spiro atoms. The molecule has 0 atom stereocenters. The second kappa shape index (κ2) is 13.1. The van der Waals surface area contributed by atoms with Crippen LogP contribution in [0.15, 0.2) is 24.3 Å². The van der Waals surface area contributed by atoms with Crippen LogP contribution in [0.25, 0.3) is 0 Å². The summed E-state index contributed by atoms with van der Waals surface area (Å²) in [5.41, 5.74) is 0.700. The summed E-state index contributed by atoms with van der Waals surface area (Å²) < 4.78 is 13.2. The van der Waals surface area contributed by atoms with E-state index in [0.717, 1.165) is 19.5 Å². The Bertz CT molecular complexity index is 303. The molecule has 1 rings (SSSR count). The number of aliphatic hydroxyl groups is 1. The van der Waals surface area contributed by atoms with E-state index >= 15 is 0 Å². The largest absolute Gasteiger partial charge is 0.395 e. The molecule has 0 aromatic heterocycles. The van der Waals surface area contributed by atoms with Gasteiger partial charge in [0.15, 0.2) is 0 Å². The predicted octanol–water partition coefficient (Wildman–Crippen LogP) is 1.73. The normalized spacial score (nSPS) is 9.44. The molecule has 0 saturated carbocycles. The Morgan fingerprint density at radius 1 is 1.00 bits per heavy atom. The van der Waals surface area contributed by atoms with Crippen LogP contribution in [0.3, 0.4) is 0 Å². The van der Waals surface area contributed by atoms with Crippen molar-refractivity contribution in [3.63, 3.8) is 0 Å². The van der Waals surface area contributed by atoms with Crippen molar-refractivity contribution in [2.75, 3.05) is 26.2 Å². The summed E-state index contributed by atoms with van der Waals surface area (Å²) in [6.07, 6.45) is 0.967. The lowest BCUT2D eigenvalue weighted by atomic mass is 10.2. The third-order valence-corrected chi connectivity index (χ3v) is 2.27. The molecular weight excluding hydrogens is 278 g/mol. The van der Waals surface area contributed by atoms with Gasteiger partial charge in [0.05, 0.1) is 6.61 Å². The van der Waals surface area contributed by atoms with E-state index < -0.39 is 0 Å². The number of hydrogen-bond donors (Lipinski definition) is 3. The van der Waals surface area contributed by atoms with Crippen molar-refractivity contribution in [3.8, 4) is 0 Å². The Hall–Kier alpha value is -0.390. The van der Waals surface area contributed by atoms with Gasteiger partial charge in [0.1, 0.15) is 5.82 Å². The van der Waals surface area contributed by atoms with Gasteiger partial charge in [-0.1, -0.05) is 18.2 Å². The first-order chi connectivity index (χ1) is 7.84. The van der Waals surface area contributed by atoms with Gasteiger partial charge in [-0.05, 0) is 25.6 Å². The van der Waals surface area contributed by atoms with Crippen LogP contribution in [0, 0.1) is 5.82 Å². The van der Waals surface area contributed by atoms with Crippen molar-refractivity contribution < 1.29 is 9.50 Å². The Balaban J connectivity index is 0. The fraction of sp³-hybridized carbons (Fsp3) is 0.500. The monoisotopic (exact) mass is 298 g/mol. The van der Waals surface area contributed by atoms with Gasteiger partial charge in [0.25, 0.3) is 0 Å². The molecule has 0 aliphatic carbocycles. The van der Waals surface area contributed by atoms with E-state index in [4.69, 9.17) is 5.11 Å². The van der Waals surface area contributed by atoms with E-state index in [1.165, 1.54) is 6.07 Å². The minimum absolute atomic E-state index is 0. The average molecular weight is 299 g/mol. The van der Waals surface area contributed by atoms with E-state index in [0.29, 0.717) is 18.7 Å². The lowest BCUT2D eigenvalue weighted by molar-refractivity contribution is 0.292. The van der Waals surface area contributed by atoms with Crippen LogP contribution < -0.4 is 10.6 Å². The highest BCUT2D eigenvalue weighted by Gasteiger charge is 1.98.